The highest BCUT2D eigenvalue weighted by Crippen LogP contribution is 2.34. The molecular formula is C22H14N6OS. The maximum absolute atomic E-state index is 9.75. The van der Waals surface area contributed by atoms with Gasteiger partial charge in [0.1, 0.15) is 17.1 Å². The molecule has 0 spiro atoms. The molecule has 0 aliphatic carbocycles. The monoisotopic (exact) mass is 410 g/mol. The van der Waals surface area contributed by atoms with Gasteiger partial charge in [-0.15, -0.1) is 0 Å². The Morgan fingerprint density at radius 3 is 2.77 bits per heavy atom. The molecule has 0 bridgehead atoms. The van der Waals surface area contributed by atoms with E-state index in [1.165, 1.54) is 11.8 Å². The summed E-state index contributed by atoms with van der Waals surface area (Å²) < 4.78 is 0. The summed E-state index contributed by atoms with van der Waals surface area (Å²) in [5.41, 5.74) is 7.06. The second-order valence-electron chi connectivity index (χ2n) is 6.93. The lowest BCUT2D eigenvalue weighted by molar-refractivity contribution is 0.473. The summed E-state index contributed by atoms with van der Waals surface area (Å²) in [6.07, 6.45) is 6.62. The highest BCUT2D eigenvalue weighted by molar-refractivity contribution is 7.08. The second kappa shape index (κ2) is 6.50. The first-order valence-corrected chi connectivity index (χ1v) is 10.2. The van der Waals surface area contributed by atoms with Gasteiger partial charge in [0.25, 0.3) is 0 Å². The van der Waals surface area contributed by atoms with Gasteiger partial charge < -0.3 is 10.1 Å². The topological polar surface area (TPSA) is 103 Å². The second-order valence-corrected chi connectivity index (χ2v) is 7.72. The van der Waals surface area contributed by atoms with E-state index in [2.05, 4.69) is 53.0 Å². The van der Waals surface area contributed by atoms with Crippen LogP contribution in [0.4, 0.5) is 0 Å². The third-order valence-corrected chi connectivity index (χ3v) is 5.77. The van der Waals surface area contributed by atoms with Gasteiger partial charge in [-0.05, 0) is 52.2 Å². The van der Waals surface area contributed by atoms with Crippen LogP contribution in [0.15, 0.2) is 65.9 Å². The molecule has 6 heterocycles. The molecule has 6 aromatic heterocycles. The summed E-state index contributed by atoms with van der Waals surface area (Å²) in [5, 5.41) is 23.5. The van der Waals surface area contributed by atoms with Crippen molar-refractivity contribution in [3.63, 3.8) is 0 Å². The van der Waals surface area contributed by atoms with Gasteiger partial charge in [-0.25, -0.2) is 4.98 Å². The summed E-state index contributed by atoms with van der Waals surface area (Å²) in [4.78, 5) is 16.4. The number of hydrogen-bond acceptors (Lipinski definition) is 6. The zero-order valence-electron chi connectivity index (χ0n) is 15.5. The minimum atomic E-state index is 0.101. The molecule has 6 rings (SSSR count). The Balaban J connectivity index is 1.52. The average Bonchev–Trinajstić information content (AvgIpc) is 3.51. The molecule has 3 N–H and O–H groups in total. The molecule has 0 unspecified atom stereocenters. The Labute approximate surface area is 174 Å². The van der Waals surface area contributed by atoms with Crippen molar-refractivity contribution in [1.82, 2.24) is 30.1 Å². The van der Waals surface area contributed by atoms with Crippen LogP contribution in [0.5, 0.6) is 5.75 Å². The van der Waals surface area contributed by atoms with E-state index in [-0.39, 0.29) is 5.75 Å². The predicted octanol–water partition coefficient (Wildman–Crippen LogP) is 5.00. The number of nitrogens with zero attached hydrogens (tertiary/aromatic N) is 4. The van der Waals surface area contributed by atoms with Crippen molar-refractivity contribution in [1.29, 1.82) is 0 Å². The van der Waals surface area contributed by atoms with E-state index < -0.39 is 0 Å². The maximum atomic E-state index is 9.75. The van der Waals surface area contributed by atoms with Crippen molar-refractivity contribution < 1.29 is 5.11 Å². The highest BCUT2D eigenvalue weighted by atomic mass is 32.1. The average molecular weight is 410 g/mol. The first-order valence-electron chi connectivity index (χ1n) is 9.25. The number of aromatic nitrogens is 6. The van der Waals surface area contributed by atoms with Crippen molar-refractivity contribution in [2.75, 3.05) is 0 Å². The molecule has 0 saturated carbocycles. The van der Waals surface area contributed by atoms with Crippen molar-refractivity contribution >= 4 is 33.3 Å². The summed E-state index contributed by atoms with van der Waals surface area (Å²) in [5.74, 6) is 0.101. The number of rotatable bonds is 3. The van der Waals surface area contributed by atoms with E-state index in [0.29, 0.717) is 5.69 Å². The van der Waals surface area contributed by atoms with Crippen LogP contribution in [-0.2, 0) is 0 Å². The largest absolute Gasteiger partial charge is 0.506 e. The zero-order chi connectivity index (χ0) is 20.1. The normalized spacial score (nSPS) is 11.5. The number of nitrogens with one attached hydrogen (secondary N) is 2. The number of hydrogen-bond donors (Lipinski definition) is 3. The van der Waals surface area contributed by atoms with Gasteiger partial charge in [-0.1, -0.05) is 0 Å². The fraction of sp³-hybridized carbons (Fsp3) is 0. The number of aromatic amines is 2. The minimum Gasteiger partial charge on any atom is -0.506 e. The Hall–Kier alpha value is -4.04. The van der Waals surface area contributed by atoms with Gasteiger partial charge in [0.2, 0.25) is 0 Å². The van der Waals surface area contributed by atoms with E-state index >= 15 is 0 Å². The molecule has 0 radical (unpaired) electrons. The highest BCUT2D eigenvalue weighted by Gasteiger charge is 2.15. The smallest absolute Gasteiger partial charge is 0.138 e. The van der Waals surface area contributed by atoms with Crippen molar-refractivity contribution in [3.8, 4) is 39.5 Å². The van der Waals surface area contributed by atoms with Crippen LogP contribution >= 0.6 is 11.3 Å². The fourth-order valence-electron chi connectivity index (χ4n) is 3.67. The van der Waals surface area contributed by atoms with Crippen LogP contribution in [0.3, 0.4) is 0 Å². The summed E-state index contributed by atoms with van der Waals surface area (Å²) in [7, 11) is 0. The van der Waals surface area contributed by atoms with Gasteiger partial charge in [0.15, 0.2) is 0 Å². The van der Waals surface area contributed by atoms with Crippen molar-refractivity contribution in [2.45, 2.75) is 0 Å². The zero-order valence-corrected chi connectivity index (χ0v) is 16.3. The molecule has 7 nitrogen and oxygen atoms in total. The molecule has 8 heteroatoms. The molecule has 6 aromatic rings. The van der Waals surface area contributed by atoms with Gasteiger partial charge in [-0.2, -0.15) is 16.4 Å². The third-order valence-electron chi connectivity index (χ3n) is 5.09. The maximum Gasteiger partial charge on any atom is 0.138 e. The minimum absolute atomic E-state index is 0.101. The Morgan fingerprint density at radius 1 is 0.933 bits per heavy atom. The molecule has 0 amide bonds. The molecule has 0 atom stereocenters. The summed E-state index contributed by atoms with van der Waals surface area (Å²) in [6, 6.07) is 9.81. The first-order chi connectivity index (χ1) is 14.8. The van der Waals surface area contributed by atoms with E-state index in [4.69, 9.17) is 0 Å². The standard InChI is InChI=1S/C22H14N6OS/c29-14-5-13(8-23-9-14)18-7-17-20(10-25-18)27-28-21(17)19-6-16-15(12-2-4-30-11-12)1-3-24-22(16)26-19/h1-11,29H,(H,24,26)(H,27,28). The van der Waals surface area contributed by atoms with Gasteiger partial charge in [0, 0.05) is 28.7 Å². The van der Waals surface area contributed by atoms with Crippen LogP contribution in [0.2, 0.25) is 0 Å². The quantitative estimate of drug-likeness (QED) is 0.381. The Morgan fingerprint density at radius 2 is 1.90 bits per heavy atom. The van der Waals surface area contributed by atoms with Crippen molar-refractivity contribution in [2.24, 2.45) is 0 Å². The first kappa shape index (κ1) is 16.9. The summed E-state index contributed by atoms with van der Waals surface area (Å²) in [6.45, 7) is 0. The lowest BCUT2D eigenvalue weighted by Gasteiger charge is -2.01. The molecule has 0 fully saturated rings. The molecule has 30 heavy (non-hydrogen) atoms. The lowest BCUT2D eigenvalue weighted by atomic mass is 10.1. The van der Waals surface area contributed by atoms with E-state index in [9.17, 15) is 5.11 Å². The molecule has 0 aliphatic heterocycles. The van der Waals surface area contributed by atoms with Crippen LogP contribution in [0, 0.1) is 0 Å². The number of pyridine rings is 3. The van der Waals surface area contributed by atoms with Crippen LogP contribution in [0.1, 0.15) is 0 Å². The Kier molecular flexibility index (Phi) is 3.65. The molecular weight excluding hydrogens is 396 g/mol. The predicted molar refractivity (Wildman–Crippen MR) is 117 cm³/mol. The number of H-pyrrole nitrogens is 2. The van der Waals surface area contributed by atoms with E-state index in [1.807, 2.05) is 18.3 Å². The van der Waals surface area contributed by atoms with Crippen LogP contribution in [-0.4, -0.2) is 35.2 Å². The SMILES string of the molecule is Oc1cncc(-c2cc3c(-c4cc5c(-c6ccsc6)ccnc5[nH]4)n[nH]c3cn2)c1. The molecule has 0 aliphatic rings. The van der Waals surface area contributed by atoms with E-state index in [1.54, 1.807) is 29.8 Å². The molecule has 0 saturated heterocycles. The van der Waals surface area contributed by atoms with Crippen molar-refractivity contribution in [3.05, 3.63) is 65.9 Å². The Bertz CT molecular complexity index is 1520. The lowest BCUT2D eigenvalue weighted by Crippen LogP contribution is -1.85. The number of aromatic hydroxyl groups is 1. The van der Waals surface area contributed by atoms with Crippen LogP contribution < -0.4 is 0 Å². The van der Waals surface area contributed by atoms with E-state index in [0.717, 1.165) is 44.5 Å². The fourth-order valence-corrected chi connectivity index (χ4v) is 4.33. The number of thiophene rings is 1. The van der Waals surface area contributed by atoms with Crippen LogP contribution in [0.25, 0.3) is 55.7 Å². The van der Waals surface area contributed by atoms with Gasteiger partial charge >= 0.3 is 0 Å². The molecule has 144 valence electrons. The van der Waals surface area contributed by atoms with Gasteiger partial charge in [-0.3, -0.25) is 15.1 Å². The number of fused-ring (bicyclic) bond motifs is 2. The van der Waals surface area contributed by atoms with Gasteiger partial charge in [0.05, 0.1) is 29.3 Å². The summed E-state index contributed by atoms with van der Waals surface area (Å²) >= 11 is 1.67. The third kappa shape index (κ3) is 2.66. The molecule has 0 aromatic carbocycles.